The molecular weight excluding hydrogens is 140 g/mol. The van der Waals surface area contributed by atoms with Crippen LogP contribution in [0, 0.1) is 0 Å². The van der Waals surface area contributed by atoms with Gasteiger partial charge in [0.15, 0.2) is 5.65 Å². The second kappa shape index (κ2) is 2.16. The first-order chi connectivity index (χ1) is 5.42. The topological polar surface area (TPSA) is 53.9 Å². The number of hydrogen-bond acceptors (Lipinski definition) is 3. The van der Waals surface area contributed by atoms with E-state index in [2.05, 4.69) is 26.7 Å². The summed E-state index contributed by atoms with van der Waals surface area (Å²) in [6, 6.07) is 1.79. The summed E-state index contributed by atoms with van der Waals surface area (Å²) in [6.07, 6.45) is 3.25. The van der Waals surface area contributed by atoms with Crippen LogP contribution >= 0.6 is 0 Å². The Hall–Kier alpha value is -1.71. The van der Waals surface area contributed by atoms with Gasteiger partial charge in [-0.05, 0) is 12.8 Å². The normalized spacial score (nSPS) is 10.2. The van der Waals surface area contributed by atoms with Crippen LogP contribution in [0.3, 0.4) is 0 Å². The van der Waals surface area contributed by atoms with Crippen molar-refractivity contribution >= 4 is 23.6 Å². The Morgan fingerprint density at radius 1 is 1.45 bits per heavy atom. The summed E-state index contributed by atoms with van der Waals surface area (Å²) < 4.78 is 0. The monoisotopic (exact) mass is 146 g/mol. The number of aromatic amines is 1. The number of fused-ring (bicyclic) bond motifs is 1. The lowest BCUT2D eigenvalue weighted by Gasteiger charge is -1.91. The summed E-state index contributed by atoms with van der Waals surface area (Å²) in [7, 11) is 0. The Morgan fingerprint density at radius 2 is 2.36 bits per heavy atom. The summed E-state index contributed by atoms with van der Waals surface area (Å²) in [5.41, 5.74) is 2.30. The van der Waals surface area contributed by atoms with Crippen molar-refractivity contribution in [3.05, 3.63) is 18.6 Å². The van der Waals surface area contributed by atoms with Crippen LogP contribution in [-0.2, 0) is 0 Å². The molecule has 0 saturated carbocycles. The summed E-state index contributed by atoms with van der Waals surface area (Å²) in [5, 5.41) is 0. The lowest BCUT2D eigenvalue weighted by Crippen LogP contribution is -1.75. The molecule has 2 aromatic rings. The fourth-order valence-electron chi connectivity index (χ4n) is 0.967. The first kappa shape index (κ1) is 6.03. The van der Waals surface area contributed by atoms with Crippen molar-refractivity contribution in [2.45, 2.75) is 0 Å². The second-order valence-corrected chi connectivity index (χ2v) is 2.09. The van der Waals surface area contributed by atoms with Gasteiger partial charge in [-0.1, -0.05) is 0 Å². The number of imidazole rings is 1. The summed E-state index contributed by atoms with van der Waals surface area (Å²) in [6.45, 7) is 3.44. The predicted molar refractivity (Wildman–Crippen MR) is 43.1 cm³/mol. The lowest BCUT2D eigenvalue weighted by molar-refractivity contribution is 1.30. The molecule has 0 spiro atoms. The molecule has 4 heteroatoms. The highest BCUT2D eigenvalue weighted by atomic mass is 15.0. The Bertz CT molecular complexity index is 390. The van der Waals surface area contributed by atoms with Gasteiger partial charge >= 0.3 is 0 Å². The van der Waals surface area contributed by atoms with E-state index < -0.39 is 0 Å². The average Bonchev–Trinajstić information content (AvgIpc) is 2.50. The highest BCUT2D eigenvalue weighted by Crippen LogP contribution is 2.19. The van der Waals surface area contributed by atoms with Gasteiger partial charge in [0, 0.05) is 6.20 Å². The van der Waals surface area contributed by atoms with Crippen molar-refractivity contribution in [3.63, 3.8) is 0 Å². The Kier molecular flexibility index (Phi) is 1.18. The zero-order valence-corrected chi connectivity index (χ0v) is 5.78. The Balaban J connectivity index is 2.88. The molecule has 0 radical (unpaired) electrons. The lowest BCUT2D eigenvalue weighted by atomic mass is 10.4. The van der Waals surface area contributed by atoms with Gasteiger partial charge in [-0.25, -0.2) is 9.97 Å². The quantitative estimate of drug-likeness (QED) is 0.616. The zero-order valence-electron chi connectivity index (χ0n) is 5.78. The zero-order chi connectivity index (χ0) is 7.68. The van der Waals surface area contributed by atoms with E-state index in [1.165, 1.54) is 0 Å². The second-order valence-electron chi connectivity index (χ2n) is 2.09. The van der Waals surface area contributed by atoms with E-state index in [1.807, 2.05) is 0 Å². The number of aromatic nitrogens is 3. The van der Waals surface area contributed by atoms with E-state index in [9.17, 15) is 0 Å². The third-order valence-electron chi connectivity index (χ3n) is 1.48. The summed E-state index contributed by atoms with van der Waals surface area (Å²) >= 11 is 0. The SMILES string of the molecule is C=Nc1ccnc2nc[nH]c12. The Labute approximate surface area is 63.0 Å². The van der Waals surface area contributed by atoms with Crippen LogP contribution in [-0.4, -0.2) is 21.7 Å². The standard InChI is InChI=1S/C7H6N4/c1-8-5-2-3-9-7-6(5)10-4-11-7/h2-4H,1H2,(H,9,10,11). The third kappa shape index (κ3) is 0.797. The van der Waals surface area contributed by atoms with Gasteiger partial charge < -0.3 is 4.98 Å². The molecule has 0 aliphatic rings. The van der Waals surface area contributed by atoms with Crippen LogP contribution in [0.5, 0.6) is 0 Å². The fourth-order valence-corrected chi connectivity index (χ4v) is 0.967. The molecule has 0 bridgehead atoms. The van der Waals surface area contributed by atoms with Gasteiger partial charge in [-0.3, -0.25) is 4.99 Å². The average molecular weight is 146 g/mol. The molecule has 11 heavy (non-hydrogen) atoms. The molecular formula is C7H6N4. The maximum Gasteiger partial charge on any atom is 0.179 e. The molecule has 4 nitrogen and oxygen atoms in total. The van der Waals surface area contributed by atoms with Gasteiger partial charge in [0.2, 0.25) is 0 Å². The smallest absolute Gasteiger partial charge is 0.179 e. The van der Waals surface area contributed by atoms with E-state index in [0.29, 0.717) is 5.65 Å². The van der Waals surface area contributed by atoms with E-state index in [4.69, 9.17) is 0 Å². The van der Waals surface area contributed by atoms with Crippen LogP contribution in [0.4, 0.5) is 5.69 Å². The van der Waals surface area contributed by atoms with E-state index in [-0.39, 0.29) is 0 Å². The molecule has 0 saturated heterocycles. The molecule has 2 heterocycles. The van der Waals surface area contributed by atoms with Crippen molar-refractivity contribution < 1.29 is 0 Å². The van der Waals surface area contributed by atoms with Gasteiger partial charge in [0.25, 0.3) is 0 Å². The van der Waals surface area contributed by atoms with E-state index in [1.54, 1.807) is 18.6 Å². The highest BCUT2D eigenvalue weighted by molar-refractivity contribution is 5.83. The molecule has 0 amide bonds. The minimum absolute atomic E-state index is 0.676. The number of pyridine rings is 1. The molecule has 2 aromatic heterocycles. The number of hydrogen-bond donors (Lipinski definition) is 1. The van der Waals surface area contributed by atoms with Gasteiger partial charge in [0.1, 0.15) is 5.52 Å². The van der Waals surface area contributed by atoms with Crippen molar-refractivity contribution in [1.82, 2.24) is 15.0 Å². The third-order valence-corrected chi connectivity index (χ3v) is 1.48. The maximum absolute atomic E-state index is 4.02. The van der Waals surface area contributed by atoms with Crippen LogP contribution in [0.15, 0.2) is 23.6 Å². The van der Waals surface area contributed by atoms with Crippen molar-refractivity contribution in [1.29, 1.82) is 0 Å². The molecule has 0 aromatic carbocycles. The van der Waals surface area contributed by atoms with E-state index >= 15 is 0 Å². The van der Waals surface area contributed by atoms with Crippen LogP contribution < -0.4 is 0 Å². The summed E-state index contributed by atoms with van der Waals surface area (Å²) in [5.74, 6) is 0. The van der Waals surface area contributed by atoms with Gasteiger partial charge in [-0.15, -0.1) is 0 Å². The van der Waals surface area contributed by atoms with Crippen molar-refractivity contribution in [3.8, 4) is 0 Å². The number of nitrogens with one attached hydrogen (secondary N) is 1. The first-order valence-electron chi connectivity index (χ1n) is 3.16. The largest absolute Gasteiger partial charge is 0.341 e. The van der Waals surface area contributed by atoms with Crippen LogP contribution in [0.1, 0.15) is 0 Å². The van der Waals surface area contributed by atoms with Crippen molar-refractivity contribution in [2.24, 2.45) is 4.99 Å². The maximum atomic E-state index is 4.02. The number of rotatable bonds is 1. The highest BCUT2D eigenvalue weighted by Gasteiger charge is 1.99. The minimum Gasteiger partial charge on any atom is -0.341 e. The van der Waals surface area contributed by atoms with Crippen LogP contribution in [0.2, 0.25) is 0 Å². The molecule has 1 N–H and O–H groups in total. The number of H-pyrrole nitrogens is 1. The molecule has 54 valence electrons. The molecule has 2 rings (SSSR count). The molecule has 0 fully saturated rings. The Morgan fingerprint density at radius 3 is 3.18 bits per heavy atom. The molecule has 0 unspecified atom stereocenters. The minimum atomic E-state index is 0.676. The van der Waals surface area contributed by atoms with Crippen molar-refractivity contribution in [2.75, 3.05) is 0 Å². The summed E-state index contributed by atoms with van der Waals surface area (Å²) in [4.78, 5) is 14.7. The molecule has 0 aliphatic carbocycles. The van der Waals surface area contributed by atoms with Gasteiger partial charge in [-0.2, -0.15) is 0 Å². The van der Waals surface area contributed by atoms with Crippen LogP contribution in [0.25, 0.3) is 11.2 Å². The first-order valence-corrected chi connectivity index (χ1v) is 3.16. The number of aliphatic imine (C=N–C) groups is 1. The number of nitrogens with zero attached hydrogens (tertiary/aromatic N) is 3. The molecule has 0 aliphatic heterocycles. The predicted octanol–water partition coefficient (Wildman–Crippen LogP) is 1.29. The fraction of sp³-hybridized carbons (Fsp3) is 0. The molecule has 0 atom stereocenters. The van der Waals surface area contributed by atoms with E-state index in [0.717, 1.165) is 11.2 Å². The van der Waals surface area contributed by atoms with Gasteiger partial charge in [0.05, 0.1) is 12.0 Å².